The zero-order valence-corrected chi connectivity index (χ0v) is 16.2. The van der Waals surface area contributed by atoms with Crippen LogP contribution in [-0.2, 0) is 18.8 Å². The number of rotatable bonds is 5. The molecule has 0 aromatic carbocycles. The van der Waals surface area contributed by atoms with Gasteiger partial charge in [0.25, 0.3) is 0 Å². The van der Waals surface area contributed by atoms with Gasteiger partial charge >= 0.3 is 13.1 Å². The standard InChI is InChI=1S/C20H35BO4/c1-14(20(22)23-3)15(2)21-24-18(16-10-6-4-7-11-16)19(25-21)17-12-8-5-9-13-17/h14-19H,4-13H2,1-3H3/t14?,15?,18-,19-/m1/s1. The molecule has 4 nitrogen and oxygen atoms in total. The van der Waals surface area contributed by atoms with Crippen LogP contribution in [-0.4, -0.2) is 32.4 Å². The van der Waals surface area contributed by atoms with E-state index in [1.807, 2.05) is 6.92 Å². The quantitative estimate of drug-likeness (QED) is 0.536. The smallest absolute Gasteiger partial charge is 0.461 e. The average Bonchev–Trinajstić information content (AvgIpc) is 3.13. The van der Waals surface area contributed by atoms with Gasteiger partial charge in [-0.3, -0.25) is 4.79 Å². The molecule has 1 aliphatic heterocycles. The van der Waals surface area contributed by atoms with Crippen LogP contribution in [0.15, 0.2) is 0 Å². The van der Waals surface area contributed by atoms with E-state index in [1.54, 1.807) is 0 Å². The summed E-state index contributed by atoms with van der Waals surface area (Å²) in [6, 6.07) is 0. The molecule has 1 saturated heterocycles. The molecule has 142 valence electrons. The van der Waals surface area contributed by atoms with Crippen LogP contribution >= 0.6 is 0 Å². The Morgan fingerprint density at radius 2 is 1.32 bits per heavy atom. The van der Waals surface area contributed by atoms with Gasteiger partial charge in [0.15, 0.2) is 0 Å². The Labute approximate surface area is 153 Å². The lowest BCUT2D eigenvalue weighted by Crippen LogP contribution is -2.38. The normalized spacial score (nSPS) is 31.7. The van der Waals surface area contributed by atoms with Crippen LogP contribution in [0.3, 0.4) is 0 Å². The summed E-state index contributed by atoms with van der Waals surface area (Å²) in [6.45, 7) is 3.99. The lowest BCUT2D eigenvalue weighted by Gasteiger charge is -2.35. The van der Waals surface area contributed by atoms with Crippen LogP contribution in [0.4, 0.5) is 0 Å². The summed E-state index contributed by atoms with van der Waals surface area (Å²) in [6.07, 6.45) is 13.5. The number of ether oxygens (including phenoxy) is 1. The van der Waals surface area contributed by atoms with Gasteiger partial charge in [-0.15, -0.1) is 0 Å². The molecular weight excluding hydrogens is 315 g/mol. The fourth-order valence-electron chi connectivity index (χ4n) is 5.06. The summed E-state index contributed by atoms with van der Waals surface area (Å²) >= 11 is 0. The van der Waals surface area contributed by atoms with Crippen molar-refractivity contribution in [3.05, 3.63) is 0 Å². The highest BCUT2D eigenvalue weighted by Gasteiger charge is 2.50. The van der Waals surface area contributed by atoms with Gasteiger partial charge in [0.05, 0.1) is 25.2 Å². The van der Waals surface area contributed by atoms with Crippen molar-refractivity contribution in [2.24, 2.45) is 17.8 Å². The summed E-state index contributed by atoms with van der Waals surface area (Å²) in [7, 11) is 1.19. The first-order valence-electron chi connectivity index (χ1n) is 10.5. The van der Waals surface area contributed by atoms with E-state index < -0.39 is 0 Å². The molecule has 3 fully saturated rings. The van der Waals surface area contributed by atoms with Crippen molar-refractivity contribution < 1.29 is 18.8 Å². The highest BCUT2D eigenvalue weighted by atomic mass is 16.7. The Bertz CT molecular complexity index is 405. The van der Waals surface area contributed by atoms with E-state index in [0.29, 0.717) is 11.8 Å². The third-order valence-electron chi connectivity index (χ3n) is 6.93. The third-order valence-corrected chi connectivity index (χ3v) is 6.93. The third kappa shape index (κ3) is 4.41. The number of hydrogen-bond donors (Lipinski definition) is 0. The number of hydrogen-bond acceptors (Lipinski definition) is 4. The first kappa shape index (κ1) is 19.2. The van der Waals surface area contributed by atoms with Gasteiger partial charge in [0.1, 0.15) is 0 Å². The van der Waals surface area contributed by atoms with Crippen LogP contribution in [0.5, 0.6) is 0 Å². The summed E-state index contributed by atoms with van der Waals surface area (Å²) in [5.41, 5.74) is 0. The van der Waals surface area contributed by atoms with Crippen molar-refractivity contribution in [3.63, 3.8) is 0 Å². The Morgan fingerprint density at radius 1 is 0.880 bits per heavy atom. The average molecular weight is 350 g/mol. The molecule has 5 heteroatoms. The molecule has 0 bridgehead atoms. The molecular formula is C20H35BO4. The summed E-state index contributed by atoms with van der Waals surface area (Å²) in [5.74, 6) is 0.909. The van der Waals surface area contributed by atoms with E-state index in [4.69, 9.17) is 14.0 Å². The number of carbonyl (C=O) groups excluding carboxylic acids is 1. The van der Waals surface area contributed by atoms with Gasteiger partial charge in [-0.05, 0) is 37.5 Å². The molecule has 3 aliphatic rings. The van der Waals surface area contributed by atoms with Gasteiger partial charge in [-0.1, -0.05) is 52.4 Å². The molecule has 0 aromatic rings. The molecule has 0 aromatic heterocycles. The minimum atomic E-state index is -0.270. The molecule has 25 heavy (non-hydrogen) atoms. The first-order chi connectivity index (χ1) is 12.1. The Balaban J connectivity index is 1.70. The molecule has 4 atom stereocenters. The van der Waals surface area contributed by atoms with Crippen molar-refractivity contribution in [2.45, 2.75) is 96.1 Å². The highest BCUT2D eigenvalue weighted by molar-refractivity contribution is 6.47. The molecule has 2 unspecified atom stereocenters. The molecule has 0 spiro atoms. The maximum Gasteiger partial charge on any atom is 0.461 e. The maximum atomic E-state index is 11.9. The predicted molar refractivity (Wildman–Crippen MR) is 99.3 cm³/mol. The van der Waals surface area contributed by atoms with Gasteiger partial charge < -0.3 is 14.0 Å². The van der Waals surface area contributed by atoms with Gasteiger partial charge in [0, 0.05) is 5.82 Å². The Kier molecular flexibility index (Phi) is 6.84. The topological polar surface area (TPSA) is 44.8 Å². The van der Waals surface area contributed by atoms with E-state index in [2.05, 4.69) is 6.92 Å². The number of esters is 1. The second-order valence-corrected chi connectivity index (χ2v) is 8.54. The lowest BCUT2D eigenvalue weighted by atomic mass is 9.66. The van der Waals surface area contributed by atoms with Crippen LogP contribution in [0.1, 0.15) is 78.1 Å². The second-order valence-electron chi connectivity index (χ2n) is 8.54. The van der Waals surface area contributed by atoms with Crippen molar-refractivity contribution in [1.29, 1.82) is 0 Å². The van der Waals surface area contributed by atoms with Crippen LogP contribution < -0.4 is 0 Å². The van der Waals surface area contributed by atoms with Gasteiger partial charge in [-0.25, -0.2) is 0 Å². The second kappa shape index (κ2) is 8.90. The fourth-order valence-corrected chi connectivity index (χ4v) is 5.06. The highest BCUT2D eigenvalue weighted by Crippen LogP contribution is 2.43. The van der Waals surface area contributed by atoms with Crippen LogP contribution in [0.2, 0.25) is 5.82 Å². The molecule has 0 radical (unpaired) electrons. The Morgan fingerprint density at radius 3 is 1.72 bits per heavy atom. The molecule has 0 N–H and O–H groups in total. The molecule has 3 rings (SSSR count). The summed E-state index contributed by atoms with van der Waals surface area (Å²) in [5, 5.41) is 0. The maximum absolute atomic E-state index is 11.9. The van der Waals surface area contributed by atoms with Gasteiger partial charge in [-0.2, -0.15) is 0 Å². The van der Waals surface area contributed by atoms with Crippen molar-refractivity contribution >= 4 is 13.1 Å². The number of carbonyl (C=O) groups is 1. The van der Waals surface area contributed by atoms with E-state index in [0.717, 1.165) is 0 Å². The van der Waals surface area contributed by atoms with Crippen LogP contribution in [0.25, 0.3) is 0 Å². The largest absolute Gasteiger partial charge is 0.469 e. The fraction of sp³-hybridized carbons (Fsp3) is 0.950. The first-order valence-corrected chi connectivity index (χ1v) is 10.5. The van der Waals surface area contributed by atoms with E-state index >= 15 is 0 Å². The zero-order chi connectivity index (χ0) is 17.8. The monoisotopic (exact) mass is 350 g/mol. The van der Waals surface area contributed by atoms with Crippen LogP contribution in [0, 0.1) is 17.8 Å². The predicted octanol–water partition coefficient (Wildman–Crippen LogP) is 4.62. The molecule has 1 heterocycles. The minimum Gasteiger partial charge on any atom is -0.469 e. The van der Waals surface area contributed by atoms with Crippen molar-refractivity contribution in [2.75, 3.05) is 7.11 Å². The van der Waals surface area contributed by atoms with E-state index in [1.165, 1.54) is 71.3 Å². The summed E-state index contributed by atoms with van der Waals surface area (Å²) in [4.78, 5) is 11.9. The van der Waals surface area contributed by atoms with E-state index in [9.17, 15) is 4.79 Å². The van der Waals surface area contributed by atoms with Crippen molar-refractivity contribution in [1.82, 2.24) is 0 Å². The molecule has 2 saturated carbocycles. The lowest BCUT2D eigenvalue weighted by molar-refractivity contribution is -0.145. The molecule has 0 amide bonds. The summed E-state index contributed by atoms with van der Waals surface area (Å²) < 4.78 is 18.0. The Hall–Kier alpha value is -0.545. The van der Waals surface area contributed by atoms with E-state index in [-0.39, 0.29) is 37.0 Å². The zero-order valence-electron chi connectivity index (χ0n) is 16.2. The SMILES string of the molecule is COC(=O)C(C)C(C)B1O[C@H](C2CCCCC2)[C@@H](C2CCCCC2)O1. The minimum absolute atomic E-state index is 0.0205. The number of methoxy groups -OCH3 is 1. The van der Waals surface area contributed by atoms with Crippen molar-refractivity contribution in [3.8, 4) is 0 Å². The van der Waals surface area contributed by atoms with Gasteiger partial charge in [0.2, 0.25) is 0 Å². The molecule has 2 aliphatic carbocycles.